The van der Waals surface area contributed by atoms with Crippen LogP contribution in [-0.2, 0) is 11.3 Å². The lowest BCUT2D eigenvalue weighted by Gasteiger charge is -2.41. The molecule has 27 heavy (non-hydrogen) atoms. The topological polar surface area (TPSA) is 70.7 Å². The monoisotopic (exact) mass is 365 g/mol. The Hall–Kier alpha value is -3.02. The second kappa shape index (κ2) is 7.31. The number of methoxy groups -OCH3 is 1. The maximum Gasteiger partial charge on any atom is 0.251 e. The zero-order chi connectivity index (χ0) is 18.8. The van der Waals surface area contributed by atoms with Gasteiger partial charge in [-0.3, -0.25) is 9.59 Å². The van der Waals surface area contributed by atoms with E-state index in [0.29, 0.717) is 12.1 Å². The average molecular weight is 365 g/mol. The van der Waals surface area contributed by atoms with E-state index in [1.54, 1.807) is 13.2 Å². The first-order valence-electron chi connectivity index (χ1n) is 9.28. The highest BCUT2D eigenvalue weighted by Gasteiger charge is 2.34. The van der Waals surface area contributed by atoms with E-state index in [9.17, 15) is 9.59 Å². The third-order valence-electron chi connectivity index (χ3n) is 5.24. The summed E-state index contributed by atoms with van der Waals surface area (Å²) in [6, 6.07) is 13.0. The lowest BCUT2D eigenvalue weighted by Crippen LogP contribution is -2.50. The van der Waals surface area contributed by atoms with Crippen molar-refractivity contribution in [2.24, 2.45) is 0 Å². The van der Waals surface area contributed by atoms with Crippen LogP contribution in [0.4, 0.5) is 11.4 Å². The van der Waals surface area contributed by atoms with Crippen LogP contribution in [-0.4, -0.2) is 31.5 Å². The van der Waals surface area contributed by atoms with Gasteiger partial charge in [-0.1, -0.05) is 12.1 Å². The van der Waals surface area contributed by atoms with Gasteiger partial charge in [-0.05, 0) is 55.2 Å². The fraction of sp³-hybridized carbons (Fsp3) is 0.333. The molecule has 2 aliphatic rings. The molecule has 0 spiro atoms. The Bertz CT molecular complexity index is 863. The molecule has 140 valence electrons. The smallest absolute Gasteiger partial charge is 0.251 e. The number of carbonyl (C=O) groups is 2. The Morgan fingerprint density at radius 3 is 2.81 bits per heavy atom. The van der Waals surface area contributed by atoms with Crippen molar-refractivity contribution in [3.8, 4) is 5.75 Å². The highest BCUT2D eigenvalue weighted by molar-refractivity contribution is 6.05. The highest BCUT2D eigenvalue weighted by Crippen LogP contribution is 2.36. The van der Waals surface area contributed by atoms with Gasteiger partial charge in [0, 0.05) is 18.7 Å². The number of anilines is 2. The van der Waals surface area contributed by atoms with Crippen molar-refractivity contribution in [2.75, 3.05) is 23.9 Å². The third kappa shape index (κ3) is 3.47. The molecule has 2 N–H and O–H groups in total. The fourth-order valence-electron chi connectivity index (χ4n) is 3.76. The predicted molar refractivity (Wildman–Crippen MR) is 104 cm³/mol. The molecule has 2 aliphatic heterocycles. The summed E-state index contributed by atoms with van der Waals surface area (Å²) in [5.74, 6) is 0.646. The van der Waals surface area contributed by atoms with Crippen LogP contribution in [0, 0.1) is 0 Å². The van der Waals surface area contributed by atoms with E-state index in [1.807, 2.05) is 36.4 Å². The number of ether oxygens (including phenoxy) is 1. The molecule has 2 heterocycles. The Morgan fingerprint density at radius 1 is 1.22 bits per heavy atom. The molecule has 0 unspecified atom stereocenters. The van der Waals surface area contributed by atoms with Gasteiger partial charge in [-0.15, -0.1) is 0 Å². The zero-order valence-corrected chi connectivity index (χ0v) is 15.3. The Kier molecular flexibility index (Phi) is 4.71. The van der Waals surface area contributed by atoms with Gasteiger partial charge in [-0.25, -0.2) is 0 Å². The van der Waals surface area contributed by atoms with Gasteiger partial charge in [0.25, 0.3) is 5.91 Å². The summed E-state index contributed by atoms with van der Waals surface area (Å²) in [7, 11) is 1.62. The lowest BCUT2D eigenvalue weighted by molar-refractivity contribution is -0.118. The fourth-order valence-corrected chi connectivity index (χ4v) is 3.76. The first-order chi connectivity index (χ1) is 13.2. The molecule has 0 radical (unpaired) electrons. The predicted octanol–water partition coefficient (Wildman–Crippen LogP) is 2.94. The van der Waals surface area contributed by atoms with Crippen LogP contribution in [0.1, 0.15) is 35.2 Å². The van der Waals surface area contributed by atoms with Gasteiger partial charge < -0.3 is 20.3 Å². The maximum absolute atomic E-state index is 12.5. The minimum absolute atomic E-state index is 0.0259. The number of carbonyl (C=O) groups excluding carboxylic acids is 2. The van der Waals surface area contributed by atoms with Gasteiger partial charge in [-0.2, -0.15) is 0 Å². The Labute approximate surface area is 158 Å². The lowest BCUT2D eigenvalue weighted by atomic mass is 9.97. The van der Waals surface area contributed by atoms with Gasteiger partial charge in [0.15, 0.2) is 0 Å². The summed E-state index contributed by atoms with van der Waals surface area (Å²) in [4.78, 5) is 27.1. The summed E-state index contributed by atoms with van der Waals surface area (Å²) in [6.45, 7) is 1.31. The average Bonchev–Trinajstić information content (AvgIpc) is 2.72. The number of hydrogen-bond donors (Lipinski definition) is 2. The normalized spacial score (nSPS) is 18.2. The molecule has 0 aromatic heterocycles. The molecule has 1 fully saturated rings. The van der Waals surface area contributed by atoms with Crippen molar-refractivity contribution in [3.63, 3.8) is 0 Å². The molecule has 1 saturated heterocycles. The Morgan fingerprint density at radius 2 is 2.04 bits per heavy atom. The first kappa shape index (κ1) is 17.4. The number of piperidine rings is 1. The Balaban J connectivity index is 1.47. The maximum atomic E-state index is 12.5. The van der Waals surface area contributed by atoms with Crippen LogP contribution in [0.3, 0.4) is 0 Å². The van der Waals surface area contributed by atoms with E-state index in [2.05, 4.69) is 15.5 Å². The molecule has 1 atom stereocenters. The van der Waals surface area contributed by atoms with E-state index in [4.69, 9.17) is 4.74 Å². The first-order valence-corrected chi connectivity index (χ1v) is 9.28. The highest BCUT2D eigenvalue weighted by atomic mass is 16.5. The molecule has 6 nitrogen and oxygen atoms in total. The summed E-state index contributed by atoms with van der Waals surface area (Å²) in [5.41, 5.74) is 3.26. The molecule has 0 aliphatic carbocycles. The number of benzene rings is 2. The molecule has 0 bridgehead atoms. The van der Waals surface area contributed by atoms with Gasteiger partial charge >= 0.3 is 0 Å². The largest absolute Gasteiger partial charge is 0.497 e. The number of fused-ring (bicyclic) bond motifs is 3. The van der Waals surface area contributed by atoms with Crippen molar-refractivity contribution in [2.45, 2.75) is 31.8 Å². The van der Waals surface area contributed by atoms with Crippen LogP contribution < -0.4 is 20.3 Å². The van der Waals surface area contributed by atoms with Crippen LogP contribution in [0.2, 0.25) is 0 Å². The van der Waals surface area contributed by atoms with Crippen LogP contribution in [0.5, 0.6) is 5.75 Å². The molecule has 6 heteroatoms. The van der Waals surface area contributed by atoms with E-state index >= 15 is 0 Å². The van der Waals surface area contributed by atoms with Crippen molar-refractivity contribution >= 4 is 23.2 Å². The molecule has 4 rings (SSSR count). The van der Waals surface area contributed by atoms with E-state index in [1.165, 1.54) is 0 Å². The van der Waals surface area contributed by atoms with Crippen molar-refractivity contribution in [1.29, 1.82) is 0 Å². The number of hydrogen-bond acceptors (Lipinski definition) is 4. The zero-order valence-electron chi connectivity index (χ0n) is 15.3. The van der Waals surface area contributed by atoms with Crippen molar-refractivity contribution < 1.29 is 14.3 Å². The minimum Gasteiger partial charge on any atom is -0.497 e. The molecule has 2 aromatic carbocycles. The molecule has 0 saturated carbocycles. The van der Waals surface area contributed by atoms with E-state index in [-0.39, 0.29) is 17.9 Å². The van der Waals surface area contributed by atoms with Crippen LogP contribution in [0.25, 0.3) is 0 Å². The van der Waals surface area contributed by atoms with Gasteiger partial charge in [0.2, 0.25) is 5.91 Å². The molecule has 2 aromatic rings. The van der Waals surface area contributed by atoms with E-state index < -0.39 is 0 Å². The number of rotatable bonds is 4. The second-order valence-electron chi connectivity index (χ2n) is 6.96. The summed E-state index contributed by atoms with van der Waals surface area (Å²) in [6.07, 6.45) is 3.05. The van der Waals surface area contributed by atoms with E-state index in [0.717, 1.165) is 48.5 Å². The van der Waals surface area contributed by atoms with Crippen molar-refractivity contribution in [3.05, 3.63) is 53.6 Å². The number of nitrogens with one attached hydrogen (secondary N) is 2. The number of amides is 2. The van der Waals surface area contributed by atoms with Crippen LogP contribution in [0.15, 0.2) is 42.5 Å². The van der Waals surface area contributed by atoms with Gasteiger partial charge in [0.05, 0.1) is 18.5 Å². The van der Waals surface area contributed by atoms with Gasteiger partial charge in [0.1, 0.15) is 11.8 Å². The molecular weight excluding hydrogens is 342 g/mol. The standard InChI is InChI=1S/C21H23N3O3/c1-27-16-8-5-14(6-9-16)13-22-20(25)15-7-10-18-17(12-15)23-21(26)19-4-2-3-11-24(18)19/h5-10,12,19H,2-4,11,13H2,1H3,(H,22,25)(H,23,26)/t19-/m1/s1. The summed E-state index contributed by atoms with van der Waals surface area (Å²) >= 11 is 0. The quantitative estimate of drug-likeness (QED) is 0.874. The second-order valence-corrected chi connectivity index (χ2v) is 6.96. The third-order valence-corrected chi connectivity index (χ3v) is 5.24. The van der Waals surface area contributed by atoms with Crippen LogP contribution >= 0.6 is 0 Å². The van der Waals surface area contributed by atoms with Crippen molar-refractivity contribution in [1.82, 2.24) is 5.32 Å². The SMILES string of the molecule is COc1ccc(CNC(=O)c2ccc3c(c2)NC(=O)[C@H]2CCCCN32)cc1. The summed E-state index contributed by atoms with van der Waals surface area (Å²) in [5, 5.41) is 5.89. The minimum atomic E-state index is -0.163. The molecular formula is C21H23N3O3. The molecule has 2 amide bonds. The summed E-state index contributed by atoms with van der Waals surface area (Å²) < 4.78 is 5.14. The number of nitrogens with zero attached hydrogens (tertiary/aromatic N) is 1.